The summed E-state index contributed by atoms with van der Waals surface area (Å²) < 4.78 is 5.65. The Morgan fingerprint density at radius 1 is 0.969 bits per heavy atom. The second-order valence-corrected chi connectivity index (χ2v) is 8.57. The summed E-state index contributed by atoms with van der Waals surface area (Å²) in [5.74, 6) is 0. The Bertz CT molecular complexity index is 1350. The number of benzene rings is 2. The number of allylic oxidation sites excluding steroid dienone is 1. The molecule has 0 aliphatic carbocycles. The molecule has 32 heavy (non-hydrogen) atoms. The van der Waals surface area contributed by atoms with E-state index < -0.39 is 0 Å². The molecule has 2 aromatic carbocycles. The van der Waals surface area contributed by atoms with Crippen LogP contribution in [0.25, 0.3) is 27.8 Å². The van der Waals surface area contributed by atoms with Crippen LogP contribution in [0.3, 0.4) is 0 Å². The summed E-state index contributed by atoms with van der Waals surface area (Å²) in [6, 6.07) is 17.5. The summed E-state index contributed by atoms with van der Waals surface area (Å²) in [6.45, 7) is 8.56. The molecule has 0 saturated carbocycles. The normalized spacial score (nSPS) is 16.9. The van der Waals surface area contributed by atoms with E-state index in [9.17, 15) is 0 Å². The molecule has 1 unspecified atom stereocenters. The van der Waals surface area contributed by atoms with Crippen molar-refractivity contribution in [2.24, 2.45) is 4.99 Å². The van der Waals surface area contributed by atoms with Crippen LogP contribution in [0.2, 0.25) is 0 Å². The van der Waals surface area contributed by atoms with Gasteiger partial charge in [-0.05, 0) is 91.9 Å². The lowest BCUT2D eigenvalue weighted by atomic mass is 9.97. The van der Waals surface area contributed by atoms with Crippen molar-refractivity contribution in [2.45, 2.75) is 39.9 Å². The summed E-state index contributed by atoms with van der Waals surface area (Å²) >= 11 is 0. The average Bonchev–Trinajstić information content (AvgIpc) is 3.18. The molecule has 4 aromatic rings. The maximum Gasteiger partial charge on any atom is 0.134 e. The molecule has 160 valence electrons. The van der Waals surface area contributed by atoms with E-state index in [1.54, 1.807) is 0 Å². The number of pyridine rings is 1. The molecular weight excluding hydrogens is 394 g/mol. The number of hydrogen-bond acceptors (Lipinski definition) is 4. The van der Waals surface area contributed by atoms with Crippen LogP contribution >= 0.6 is 0 Å². The van der Waals surface area contributed by atoms with Gasteiger partial charge in [-0.1, -0.05) is 18.2 Å². The predicted molar refractivity (Wildman–Crippen MR) is 132 cm³/mol. The zero-order chi connectivity index (χ0) is 22.2. The number of furan rings is 1. The highest BCUT2D eigenvalue weighted by molar-refractivity contribution is 5.90. The molecule has 0 bridgehead atoms. The number of nitrogens with zero attached hydrogens (tertiary/aromatic N) is 3. The van der Waals surface area contributed by atoms with Crippen molar-refractivity contribution in [1.29, 1.82) is 0 Å². The molecule has 0 N–H and O–H groups in total. The van der Waals surface area contributed by atoms with E-state index in [-0.39, 0.29) is 12.2 Å². The number of aryl methyl sites for hydroxylation is 2. The van der Waals surface area contributed by atoms with Gasteiger partial charge >= 0.3 is 0 Å². The fourth-order valence-electron chi connectivity index (χ4n) is 4.54. The van der Waals surface area contributed by atoms with Crippen molar-refractivity contribution in [3.8, 4) is 11.1 Å². The zero-order valence-corrected chi connectivity index (χ0v) is 18.9. The molecule has 4 heteroatoms. The van der Waals surface area contributed by atoms with E-state index in [1.165, 1.54) is 22.4 Å². The van der Waals surface area contributed by atoms with E-state index in [0.29, 0.717) is 0 Å². The molecular formula is C28H27N3O. The Morgan fingerprint density at radius 2 is 1.84 bits per heavy atom. The van der Waals surface area contributed by atoms with E-state index >= 15 is 0 Å². The summed E-state index contributed by atoms with van der Waals surface area (Å²) in [5.41, 5.74) is 9.15. The first-order chi connectivity index (χ1) is 15.5. The molecule has 0 radical (unpaired) electrons. The van der Waals surface area contributed by atoms with Crippen LogP contribution < -0.4 is 0 Å². The molecule has 0 fully saturated rings. The van der Waals surface area contributed by atoms with Gasteiger partial charge in [0, 0.05) is 35.3 Å². The number of hydrogen-bond donors (Lipinski definition) is 0. The molecule has 4 nitrogen and oxygen atoms in total. The van der Waals surface area contributed by atoms with Crippen LogP contribution in [0.4, 0.5) is 0 Å². The van der Waals surface area contributed by atoms with Gasteiger partial charge in [-0.25, -0.2) is 0 Å². The molecule has 3 heterocycles. The van der Waals surface area contributed by atoms with Crippen LogP contribution in [-0.4, -0.2) is 22.3 Å². The molecule has 1 aliphatic heterocycles. The van der Waals surface area contributed by atoms with Crippen LogP contribution in [0.1, 0.15) is 42.1 Å². The number of aliphatic imine (C=N–C) groups is 1. The summed E-state index contributed by atoms with van der Waals surface area (Å²) in [6.07, 6.45) is 9.71. The van der Waals surface area contributed by atoms with E-state index in [2.05, 4.69) is 92.2 Å². The molecule has 2 aromatic heterocycles. The SMILES string of the molecule is Cc1cncc(-c2cccc([C@H](C)N3C(c4ccc5occ(C)c5c4)=CC=NC3C)c2)c1. The van der Waals surface area contributed by atoms with Gasteiger partial charge in [-0.2, -0.15) is 0 Å². The quantitative estimate of drug-likeness (QED) is 0.358. The van der Waals surface area contributed by atoms with Gasteiger partial charge in [0.1, 0.15) is 11.7 Å². The van der Waals surface area contributed by atoms with Crippen LogP contribution in [0, 0.1) is 13.8 Å². The Balaban J connectivity index is 1.53. The van der Waals surface area contributed by atoms with Gasteiger partial charge in [0.25, 0.3) is 0 Å². The van der Waals surface area contributed by atoms with Crippen molar-refractivity contribution in [3.63, 3.8) is 0 Å². The fraction of sp³-hybridized carbons (Fsp3) is 0.214. The van der Waals surface area contributed by atoms with Gasteiger partial charge in [-0.15, -0.1) is 0 Å². The lowest BCUT2D eigenvalue weighted by molar-refractivity contribution is 0.252. The zero-order valence-electron chi connectivity index (χ0n) is 18.9. The Kier molecular flexibility index (Phi) is 5.14. The Hall–Kier alpha value is -3.66. The number of rotatable bonds is 4. The smallest absolute Gasteiger partial charge is 0.134 e. The van der Waals surface area contributed by atoms with Crippen molar-refractivity contribution in [1.82, 2.24) is 9.88 Å². The molecule has 0 saturated heterocycles. The van der Waals surface area contributed by atoms with Gasteiger partial charge in [0.15, 0.2) is 0 Å². The topological polar surface area (TPSA) is 41.6 Å². The van der Waals surface area contributed by atoms with Gasteiger partial charge < -0.3 is 9.32 Å². The minimum absolute atomic E-state index is 0.0374. The average molecular weight is 422 g/mol. The minimum Gasteiger partial charge on any atom is -0.464 e. The van der Waals surface area contributed by atoms with E-state index in [0.717, 1.165) is 27.7 Å². The predicted octanol–water partition coefficient (Wildman–Crippen LogP) is 6.95. The molecule has 2 atom stereocenters. The van der Waals surface area contributed by atoms with Crippen LogP contribution in [-0.2, 0) is 0 Å². The van der Waals surface area contributed by atoms with Gasteiger partial charge in [0.05, 0.1) is 12.3 Å². The van der Waals surface area contributed by atoms with Crippen molar-refractivity contribution < 1.29 is 4.42 Å². The van der Waals surface area contributed by atoms with Gasteiger partial charge in [-0.3, -0.25) is 9.98 Å². The highest BCUT2D eigenvalue weighted by Gasteiger charge is 2.26. The number of fused-ring (bicyclic) bond motifs is 1. The van der Waals surface area contributed by atoms with E-state index in [4.69, 9.17) is 9.41 Å². The first kappa shape index (κ1) is 20.3. The molecule has 1 aliphatic rings. The van der Waals surface area contributed by atoms with Crippen molar-refractivity contribution >= 4 is 22.9 Å². The largest absolute Gasteiger partial charge is 0.464 e. The monoisotopic (exact) mass is 421 g/mol. The van der Waals surface area contributed by atoms with E-state index in [1.807, 2.05) is 24.9 Å². The highest BCUT2D eigenvalue weighted by atomic mass is 16.3. The lowest BCUT2D eigenvalue weighted by Gasteiger charge is -2.38. The fourth-order valence-corrected chi connectivity index (χ4v) is 4.54. The Morgan fingerprint density at radius 3 is 2.69 bits per heavy atom. The maximum atomic E-state index is 5.65. The highest BCUT2D eigenvalue weighted by Crippen LogP contribution is 2.36. The van der Waals surface area contributed by atoms with Crippen molar-refractivity contribution in [2.75, 3.05) is 0 Å². The second kappa shape index (κ2) is 8.12. The van der Waals surface area contributed by atoms with Crippen LogP contribution in [0.5, 0.6) is 0 Å². The first-order valence-electron chi connectivity index (χ1n) is 11.0. The molecule has 5 rings (SSSR count). The standard InChI is InChI=1S/C28H27N3O/c1-18-12-25(16-29-15-18)23-7-5-6-22(13-23)20(3)31-21(4)30-11-10-27(31)24-8-9-28-26(14-24)19(2)17-32-28/h5-17,20-21H,1-4H3/t20-,21?/m0/s1. The third-order valence-corrected chi connectivity index (χ3v) is 6.27. The second-order valence-electron chi connectivity index (χ2n) is 8.57. The summed E-state index contributed by atoms with van der Waals surface area (Å²) in [5, 5.41) is 1.15. The lowest BCUT2D eigenvalue weighted by Crippen LogP contribution is -2.34. The van der Waals surface area contributed by atoms with Crippen LogP contribution in [0.15, 0.2) is 82.7 Å². The summed E-state index contributed by atoms with van der Waals surface area (Å²) in [4.78, 5) is 11.5. The minimum atomic E-state index is 0.0374. The maximum absolute atomic E-state index is 5.65. The third kappa shape index (κ3) is 3.62. The Labute approximate surface area is 188 Å². The molecule has 0 spiro atoms. The van der Waals surface area contributed by atoms with Crippen molar-refractivity contribution in [3.05, 3.63) is 95.5 Å². The third-order valence-electron chi connectivity index (χ3n) is 6.27. The molecule has 0 amide bonds. The number of aromatic nitrogens is 1. The first-order valence-corrected chi connectivity index (χ1v) is 11.0. The van der Waals surface area contributed by atoms with Gasteiger partial charge in [0.2, 0.25) is 0 Å². The summed E-state index contributed by atoms with van der Waals surface area (Å²) in [7, 11) is 0.